The summed E-state index contributed by atoms with van der Waals surface area (Å²) >= 11 is 0. The van der Waals surface area contributed by atoms with Gasteiger partial charge in [0.05, 0.1) is 6.61 Å². The van der Waals surface area contributed by atoms with Gasteiger partial charge in [0, 0.05) is 25.7 Å². The summed E-state index contributed by atoms with van der Waals surface area (Å²) in [5.74, 6) is 1.05. The Hall–Kier alpha value is -1.10. The van der Waals surface area contributed by atoms with Gasteiger partial charge in [-0.3, -0.25) is 0 Å². The Balaban J connectivity index is 1.45. The Bertz CT molecular complexity index is 540. The molecule has 146 valence electrons. The van der Waals surface area contributed by atoms with Crippen molar-refractivity contribution in [1.29, 1.82) is 0 Å². The summed E-state index contributed by atoms with van der Waals surface area (Å²) in [4.78, 5) is 4.82. The molecule has 4 heteroatoms. The molecule has 3 rings (SSSR count). The molecule has 4 nitrogen and oxygen atoms in total. The first kappa shape index (κ1) is 19.7. The van der Waals surface area contributed by atoms with E-state index in [0.29, 0.717) is 6.04 Å². The van der Waals surface area contributed by atoms with Gasteiger partial charge in [0.25, 0.3) is 0 Å². The highest BCUT2D eigenvalue weighted by Crippen LogP contribution is 2.32. The SMILES string of the molecule is CN(C)CCNC1CCCc2cc(OCCCN3CCCCC3)ccc21. The van der Waals surface area contributed by atoms with Crippen molar-refractivity contribution >= 4 is 0 Å². The molecule has 1 aromatic carbocycles. The van der Waals surface area contributed by atoms with Crippen molar-refractivity contribution in [1.82, 2.24) is 15.1 Å². The maximum atomic E-state index is 6.06. The van der Waals surface area contributed by atoms with Crippen LogP contribution in [0.25, 0.3) is 0 Å². The lowest BCUT2D eigenvalue weighted by Crippen LogP contribution is -2.31. The van der Waals surface area contributed by atoms with Gasteiger partial charge in [-0.1, -0.05) is 12.5 Å². The van der Waals surface area contributed by atoms with Crippen molar-refractivity contribution in [2.75, 3.05) is 53.4 Å². The fourth-order valence-corrected chi connectivity index (χ4v) is 4.22. The molecule has 1 fully saturated rings. The van der Waals surface area contributed by atoms with E-state index >= 15 is 0 Å². The zero-order chi connectivity index (χ0) is 18.2. The zero-order valence-electron chi connectivity index (χ0n) is 16.8. The lowest BCUT2D eigenvalue weighted by molar-refractivity contribution is 0.205. The minimum absolute atomic E-state index is 0.506. The highest BCUT2D eigenvalue weighted by Gasteiger charge is 2.20. The summed E-state index contributed by atoms with van der Waals surface area (Å²) in [6.45, 7) is 6.71. The maximum absolute atomic E-state index is 6.06. The zero-order valence-corrected chi connectivity index (χ0v) is 16.8. The van der Waals surface area contributed by atoms with E-state index in [0.717, 1.165) is 31.9 Å². The Labute approximate surface area is 159 Å². The fraction of sp³-hybridized carbons (Fsp3) is 0.727. The molecule has 1 saturated heterocycles. The van der Waals surface area contributed by atoms with E-state index in [1.54, 1.807) is 0 Å². The van der Waals surface area contributed by atoms with E-state index in [1.807, 2.05) is 0 Å². The van der Waals surface area contributed by atoms with Gasteiger partial charge >= 0.3 is 0 Å². The summed E-state index contributed by atoms with van der Waals surface area (Å²) in [5, 5.41) is 3.73. The normalized spacial score (nSPS) is 21.0. The lowest BCUT2D eigenvalue weighted by atomic mass is 9.87. The molecule has 1 N–H and O–H groups in total. The number of likely N-dealkylation sites (tertiary alicyclic amines) is 1. The molecule has 1 aliphatic carbocycles. The van der Waals surface area contributed by atoms with Gasteiger partial charge in [0.1, 0.15) is 5.75 Å². The van der Waals surface area contributed by atoms with E-state index in [1.165, 1.54) is 69.3 Å². The molecule has 1 unspecified atom stereocenters. The first-order valence-electron chi connectivity index (χ1n) is 10.6. The Morgan fingerprint density at radius 3 is 2.81 bits per heavy atom. The molecule has 1 aromatic rings. The standard InChI is InChI=1S/C22H37N3O/c1-24(2)16-12-23-22-9-6-8-19-18-20(10-11-21(19)22)26-17-7-15-25-13-4-3-5-14-25/h10-11,18,22-23H,3-9,12-17H2,1-2H3. The fourth-order valence-electron chi connectivity index (χ4n) is 4.22. The molecule has 2 aliphatic rings. The van der Waals surface area contributed by atoms with Gasteiger partial charge in [0.2, 0.25) is 0 Å². The number of benzene rings is 1. The highest BCUT2D eigenvalue weighted by molar-refractivity contribution is 5.39. The summed E-state index contributed by atoms with van der Waals surface area (Å²) < 4.78 is 6.06. The second-order valence-corrected chi connectivity index (χ2v) is 8.17. The average Bonchev–Trinajstić information content (AvgIpc) is 2.66. The number of fused-ring (bicyclic) bond motifs is 1. The molecule has 1 atom stereocenters. The molecule has 0 saturated carbocycles. The molecule has 0 radical (unpaired) electrons. The number of rotatable bonds is 9. The highest BCUT2D eigenvalue weighted by atomic mass is 16.5. The molecule has 26 heavy (non-hydrogen) atoms. The van der Waals surface area contributed by atoms with Crippen LogP contribution in [0.1, 0.15) is 55.7 Å². The van der Waals surface area contributed by atoms with E-state index in [9.17, 15) is 0 Å². The number of piperidine rings is 1. The number of ether oxygens (including phenoxy) is 1. The van der Waals surface area contributed by atoms with E-state index < -0.39 is 0 Å². The third kappa shape index (κ3) is 5.97. The van der Waals surface area contributed by atoms with Crippen LogP contribution in [0.2, 0.25) is 0 Å². The van der Waals surface area contributed by atoms with Crippen molar-refractivity contribution in [2.24, 2.45) is 0 Å². The van der Waals surface area contributed by atoms with Gasteiger partial charge < -0.3 is 19.9 Å². The van der Waals surface area contributed by atoms with Gasteiger partial charge in [-0.25, -0.2) is 0 Å². The summed E-state index contributed by atoms with van der Waals surface area (Å²) in [7, 11) is 4.26. The topological polar surface area (TPSA) is 27.7 Å². The summed E-state index contributed by atoms with van der Waals surface area (Å²) in [6.07, 6.45) is 8.98. The largest absolute Gasteiger partial charge is 0.494 e. The summed E-state index contributed by atoms with van der Waals surface area (Å²) in [6, 6.07) is 7.26. The van der Waals surface area contributed by atoms with Crippen molar-refractivity contribution < 1.29 is 4.74 Å². The van der Waals surface area contributed by atoms with Crippen LogP contribution in [0, 0.1) is 0 Å². The molecule has 0 aromatic heterocycles. The molecular weight excluding hydrogens is 322 g/mol. The van der Waals surface area contributed by atoms with Crippen molar-refractivity contribution in [3.8, 4) is 5.75 Å². The number of nitrogens with one attached hydrogen (secondary N) is 1. The van der Waals surface area contributed by atoms with Crippen molar-refractivity contribution in [2.45, 2.75) is 51.0 Å². The molecule has 0 amide bonds. The Kier molecular flexibility index (Phi) is 7.78. The predicted molar refractivity (Wildman–Crippen MR) is 109 cm³/mol. The van der Waals surface area contributed by atoms with Gasteiger partial charge in [-0.2, -0.15) is 0 Å². The first-order chi connectivity index (χ1) is 12.7. The predicted octanol–water partition coefficient (Wildman–Crippen LogP) is 3.47. The molecule has 1 aliphatic heterocycles. The summed E-state index contributed by atoms with van der Waals surface area (Å²) in [5.41, 5.74) is 2.96. The van der Waals surface area contributed by atoms with Crippen LogP contribution in [-0.2, 0) is 6.42 Å². The smallest absolute Gasteiger partial charge is 0.119 e. The van der Waals surface area contributed by atoms with Crippen LogP contribution in [0.4, 0.5) is 0 Å². The maximum Gasteiger partial charge on any atom is 0.119 e. The van der Waals surface area contributed by atoms with Gasteiger partial charge in [-0.05, 0) is 89.0 Å². The van der Waals surface area contributed by atoms with Crippen LogP contribution in [0.3, 0.4) is 0 Å². The quantitative estimate of drug-likeness (QED) is 0.683. The van der Waals surface area contributed by atoms with Crippen LogP contribution >= 0.6 is 0 Å². The van der Waals surface area contributed by atoms with Crippen LogP contribution < -0.4 is 10.1 Å². The van der Waals surface area contributed by atoms with Gasteiger partial charge in [-0.15, -0.1) is 0 Å². The second-order valence-electron chi connectivity index (χ2n) is 8.17. The van der Waals surface area contributed by atoms with E-state index in [4.69, 9.17) is 4.74 Å². The molecule has 0 bridgehead atoms. The second kappa shape index (κ2) is 10.3. The van der Waals surface area contributed by atoms with Crippen molar-refractivity contribution in [3.05, 3.63) is 29.3 Å². The van der Waals surface area contributed by atoms with E-state index in [2.05, 4.69) is 47.4 Å². The monoisotopic (exact) mass is 359 g/mol. The number of nitrogens with zero attached hydrogens (tertiary/aromatic N) is 2. The third-order valence-corrected chi connectivity index (χ3v) is 5.71. The van der Waals surface area contributed by atoms with Crippen LogP contribution in [0.15, 0.2) is 18.2 Å². The number of aryl methyl sites for hydroxylation is 1. The Morgan fingerprint density at radius 2 is 2.00 bits per heavy atom. The minimum Gasteiger partial charge on any atom is -0.494 e. The molecule has 1 heterocycles. The molecular formula is C22H37N3O. The number of hydrogen-bond acceptors (Lipinski definition) is 4. The van der Waals surface area contributed by atoms with Crippen LogP contribution in [-0.4, -0.2) is 63.2 Å². The van der Waals surface area contributed by atoms with Crippen LogP contribution in [0.5, 0.6) is 5.75 Å². The minimum atomic E-state index is 0.506. The molecule has 0 spiro atoms. The first-order valence-corrected chi connectivity index (χ1v) is 10.6. The lowest BCUT2D eigenvalue weighted by Gasteiger charge is -2.28. The van der Waals surface area contributed by atoms with Crippen molar-refractivity contribution in [3.63, 3.8) is 0 Å². The Morgan fingerprint density at radius 1 is 1.15 bits per heavy atom. The average molecular weight is 360 g/mol. The van der Waals surface area contributed by atoms with E-state index in [-0.39, 0.29) is 0 Å². The number of likely N-dealkylation sites (N-methyl/N-ethyl adjacent to an activating group) is 1. The third-order valence-electron chi connectivity index (χ3n) is 5.71. The number of hydrogen-bond donors (Lipinski definition) is 1. The van der Waals surface area contributed by atoms with Gasteiger partial charge in [0.15, 0.2) is 0 Å².